The number of halogens is 1. The molecule has 0 unspecified atom stereocenters. The molecule has 1 fully saturated rings. The number of rotatable bonds is 6. The number of carbonyl (C=O) groups excluding carboxylic acids is 2. The lowest BCUT2D eigenvalue weighted by atomic mass is 10.1. The predicted molar refractivity (Wildman–Crippen MR) is 121 cm³/mol. The number of hydrogen-bond acceptors (Lipinski definition) is 4. The third-order valence-corrected chi connectivity index (χ3v) is 5.43. The van der Waals surface area contributed by atoms with Crippen LogP contribution in [0.15, 0.2) is 36.4 Å². The second-order valence-electron chi connectivity index (χ2n) is 7.49. The Bertz CT molecular complexity index is 924. The lowest BCUT2D eigenvalue weighted by Crippen LogP contribution is -2.48. The van der Waals surface area contributed by atoms with Gasteiger partial charge in [-0.05, 0) is 43.7 Å². The lowest BCUT2D eigenvalue weighted by Gasteiger charge is -2.37. The molecule has 0 atom stereocenters. The van der Waals surface area contributed by atoms with E-state index in [-0.39, 0.29) is 18.4 Å². The molecule has 1 N–H and O–H groups in total. The molecule has 6 nitrogen and oxygen atoms in total. The first-order chi connectivity index (χ1) is 14.4. The molecule has 160 valence electrons. The fourth-order valence-electron chi connectivity index (χ4n) is 3.60. The molecule has 2 amide bonds. The topological polar surface area (TPSA) is 61.9 Å². The average molecular weight is 430 g/mol. The average Bonchev–Trinajstić information content (AvgIpc) is 2.73. The Morgan fingerprint density at radius 1 is 1.07 bits per heavy atom. The Morgan fingerprint density at radius 3 is 2.47 bits per heavy atom. The molecule has 2 aromatic rings. The van der Waals surface area contributed by atoms with Crippen LogP contribution in [0.3, 0.4) is 0 Å². The van der Waals surface area contributed by atoms with Gasteiger partial charge in [0.15, 0.2) is 6.61 Å². The van der Waals surface area contributed by atoms with Gasteiger partial charge in [-0.25, -0.2) is 0 Å². The van der Waals surface area contributed by atoms with Crippen molar-refractivity contribution in [1.82, 2.24) is 4.90 Å². The van der Waals surface area contributed by atoms with Crippen molar-refractivity contribution in [3.8, 4) is 5.75 Å². The van der Waals surface area contributed by atoms with Crippen LogP contribution in [0.2, 0.25) is 5.02 Å². The van der Waals surface area contributed by atoms with E-state index in [1.54, 1.807) is 6.07 Å². The number of carbonyl (C=O) groups is 2. The number of anilines is 2. The molecule has 3 rings (SSSR count). The van der Waals surface area contributed by atoms with Gasteiger partial charge >= 0.3 is 0 Å². The van der Waals surface area contributed by atoms with Crippen molar-refractivity contribution in [2.24, 2.45) is 0 Å². The first kappa shape index (κ1) is 22.0. The number of nitrogens with zero attached hydrogens (tertiary/aromatic N) is 2. The van der Waals surface area contributed by atoms with E-state index in [1.165, 1.54) is 0 Å². The summed E-state index contributed by atoms with van der Waals surface area (Å²) in [5.41, 5.74) is 3.68. The summed E-state index contributed by atoms with van der Waals surface area (Å²) in [6, 6.07) is 11.3. The predicted octanol–water partition coefficient (Wildman–Crippen LogP) is 4.03. The standard InChI is InChI=1S/C23H28ClN3O3/c1-4-23(29)27-11-9-26(10-12-27)20-7-6-18(24)14-19(20)25-22(28)15-30-21-8-5-16(2)13-17(21)3/h5-8,13-14H,4,9-12,15H2,1-3H3,(H,25,28). The van der Waals surface area contributed by atoms with E-state index in [0.717, 1.165) is 16.8 Å². The number of hydrogen-bond donors (Lipinski definition) is 1. The molecule has 1 aliphatic heterocycles. The largest absolute Gasteiger partial charge is 0.483 e. The Labute approximate surface area is 182 Å². The second-order valence-corrected chi connectivity index (χ2v) is 7.93. The summed E-state index contributed by atoms with van der Waals surface area (Å²) >= 11 is 6.18. The molecule has 1 heterocycles. The van der Waals surface area contributed by atoms with Crippen molar-refractivity contribution in [2.75, 3.05) is 43.0 Å². The van der Waals surface area contributed by atoms with Crippen molar-refractivity contribution in [2.45, 2.75) is 27.2 Å². The molecule has 0 radical (unpaired) electrons. The Balaban J connectivity index is 1.65. The minimum atomic E-state index is -0.252. The van der Waals surface area contributed by atoms with E-state index < -0.39 is 0 Å². The van der Waals surface area contributed by atoms with Crippen molar-refractivity contribution in [3.05, 3.63) is 52.5 Å². The van der Waals surface area contributed by atoms with Gasteiger partial charge in [0.1, 0.15) is 5.75 Å². The van der Waals surface area contributed by atoms with Crippen LogP contribution in [0.25, 0.3) is 0 Å². The van der Waals surface area contributed by atoms with Crippen molar-refractivity contribution in [1.29, 1.82) is 0 Å². The highest BCUT2D eigenvalue weighted by atomic mass is 35.5. The van der Waals surface area contributed by atoms with Crippen LogP contribution >= 0.6 is 11.6 Å². The summed E-state index contributed by atoms with van der Waals surface area (Å²) in [7, 11) is 0. The van der Waals surface area contributed by atoms with Gasteiger partial charge in [-0.1, -0.05) is 36.2 Å². The Hall–Kier alpha value is -2.73. The van der Waals surface area contributed by atoms with E-state index in [9.17, 15) is 9.59 Å². The SMILES string of the molecule is CCC(=O)N1CCN(c2ccc(Cl)cc2NC(=O)COc2ccc(C)cc2C)CC1. The molecule has 0 aliphatic carbocycles. The molecule has 0 aromatic heterocycles. The van der Waals surface area contributed by atoms with Gasteiger partial charge in [0.2, 0.25) is 5.91 Å². The molecule has 0 spiro atoms. The van der Waals surface area contributed by atoms with Crippen molar-refractivity contribution < 1.29 is 14.3 Å². The summed E-state index contributed by atoms with van der Waals surface area (Å²) in [6.07, 6.45) is 0.517. The minimum absolute atomic E-state index is 0.0887. The van der Waals surface area contributed by atoms with E-state index in [0.29, 0.717) is 49.1 Å². The van der Waals surface area contributed by atoms with Gasteiger partial charge in [-0.2, -0.15) is 0 Å². The van der Waals surface area contributed by atoms with E-state index in [4.69, 9.17) is 16.3 Å². The van der Waals surface area contributed by atoms with Crippen LogP contribution in [0.4, 0.5) is 11.4 Å². The number of ether oxygens (including phenoxy) is 1. The van der Waals surface area contributed by atoms with Gasteiger partial charge in [0.25, 0.3) is 5.91 Å². The molecule has 30 heavy (non-hydrogen) atoms. The molecular formula is C23H28ClN3O3. The number of aryl methyl sites for hydroxylation is 2. The molecule has 0 bridgehead atoms. The molecule has 1 saturated heterocycles. The fourth-order valence-corrected chi connectivity index (χ4v) is 3.77. The summed E-state index contributed by atoms with van der Waals surface area (Å²) in [4.78, 5) is 28.5. The minimum Gasteiger partial charge on any atom is -0.483 e. The number of piperazine rings is 1. The van der Waals surface area contributed by atoms with Crippen LogP contribution in [0.5, 0.6) is 5.75 Å². The van der Waals surface area contributed by atoms with Crippen molar-refractivity contribution >= 4 is 34.8 Å². The maximum absolute atomic E-state index is 12.5. The Morgan fingerprint density at radius 2 is 1.80 bits per heavy atom. The highest BCUT2D eigenvalue weighted by molar-refractivity contribution is 6.31. The van der Waals surface area contributed by atoms with Gasteiger partial charge in [-0.15, -0.1) is 0 Å². The van der Waals surface area contributed by atoms with E-state index in [2.05, 4.69) is 10.2 Å². The van der Waals surface area contributed by atoms with E-state index >= 15 is 0 Å². The van der Waals surface area contributed by atoms with E-state index in [1.807, 2.05) is 56.0 Å². The second kappa shape index (κ2) is 9.85. The maximum Gasteiger partial charge on any atom is 0.262 e. The van der Waals surface area contributed by atoms with Crippen LogP contribution in [0.1, 0.15) is 24.5 Å². The quantitative estimate of drug-likeness (QED) is 0.753. The summed E-state index contributed by atoms with van der Waals surface area (Å²) < 4.78 is 5.69. The summed E-state index contributed by atoms with van der Waals surface area (Å²) in [5, 5.41) is 3.47. The Kier molecular flexibility index (Phi) is 7.21. The molecule has 2 aromatic carbocycles. The lowest BCUT2D eigenvalue weighted by molar-refractivity contribution is -0.131. The van der Waals surface area contributed by atoms with Gasteiger partial charge in [0.05, 0.1) is 11.4 Å². The zero-order valence-electron chi connectivity index (χ0n) is 17.7. The number of benzene rings is 2. The van der Waals surface area contributed by atoms with Crippen LogP contribution < -0.4 is 15.0 Å². The van der Waals surface area contributed by atoms with Crippen molar-refractivity contribution in [3.63, 3.8) is 0 Å². The fraction of sp³-hybridized carbons (Fsp3) is 0.391. The van der Waals surface area contributed by atoms with Crippen LogP contribution in [-0.4, -0.2) is 49.5 Å². The number of nitrogens with one attached hydrogen (secondary N) is 1. The first-order valence-electron chi connectivity index (χ1n) is 10.2. The van der Waals surface area contributed by atoms with Gasteiger partial charge in [-0.3, -0.25) is 9.59 Å². The molecule has 1 aliphatic rings. The maximum atomic E-state index is 12.5. The third-order valence-electron chi connectivity index (χ3n) is 5.20. The smallest absolute Gasteiger partial charge is 0.262 e. The zero-order valence-corrected chi connectivity index (χ0v) is 18.5. The summed E-state index contributed by atoms with van der Waals surface area (Å²) in [5.74, 6) is 0.611. The van der Waals surface area contributed by atoms with Crippen LogP contribution in [0, 0.1) is 13.8 Å². The molecule has 7 heteroatoms. The molecule has 0 saturated carbocycles. The van der Waals surface area contributed by atoms with Crippen LogP contribution in [-0.2, 0) is 9.59 Å². The molecular weight excluding hydrogens is 402 g/mol. The highest BCUT2D eigenvalue weighted by Gasteiger charge is 2.22. The first-order valence-corrected chi connectivity index (χ1v) is 10.6. The highest BCUT2D eigenvalue weighted by Crippen LogP contribution is 2.30. The number of amides is 2. The van der Waals surface area contributed by atoms with Gasteiger partial charge in [0, 0.05) is 37.6 Å². The van der Waals surface area contributed by atoms with Gasteiger partial charge < -0.3 is 19.9 Å². The third kappa shape index (κ3) is 5.45. The summed E-state index contributed by atoms with van der Waals surface area (Å²) in [6.45, 7) is 8.50. The zero-order chi connectivity index (χ0) is 21.7. The monoisotopic (exact) mass is 429 g/mol. The normalized spacial score (nSPS) is 13.9.